The number of quaternary nitrogens is 1. The van der Waals surface area contributed by atoms with E-state index >= 15 is 0 Å². The molecule has 3 aliphatic rings. The number of aliphatic hydroxyl groups is 5. The van der Waals surface area contributed by atoms with Gasteiger partial charge in [-0.25, -0.2) is 4.79 Å². The number of amides is 2. The molecule has 8 atom stereocenters. The monoisotopic (exact) mass is 372 g/mol. The maximum Gasteiger partial charge on any atom is 0.453 e. The van der Waals surface area contributed by atoms with E-state index in [1.54, 1.807) is 0 Å². The van der Waals surface area contributed by atoms with Gasteiger partial charge in [0.1, 0.15) is 36.5 Å². The molecule has 3 aliphatic heterocycles. The van der Waals surface area contributed by atoms with Gasteiger partial charge in [0.2, 0.25) is 12.5 Å². The molecule has 3 heterocycles. The van der Waals surface area contributed by atoms with Crippen molar-refractivity contribution in [2.75, 3.05) is 13.2 Å². The van der Waals surface area contributed by atoms with Gasteiger partial charge in [-0.15, -0.1) is 4.99 Å². The lowest BCUT2D eigenvalue weighted by Gasteiger charge is -2.41. The summed E-state index contributed by atoms with van der Waals surface area (Å²) in [5.41, 5.74) is 5.63. The van der Waals surface area contributed by atoms with Crippen molar-refractivity contribution in [2.45, 2.75) is 43.0 Å². The van der Waals surface area contributed by atoms with Gasteiger partial charge >= 0.3 is 6.03 Å². The highest BCUT2D eigenvalue weighted by Crippen LogP contribution is 2.41. The first kappa shape index (κ1) is 19.1. The summed E-state index contributed by atoms with van der Waals surface area (Å²) in [6.45, 7) is 2.60. The van der Waals surface area contributed by atoms with Crippen LogP contribution in [0.4, 0.5) is 4.79 Å². The van der Waals surface area contributed by atoms with Crippen LogP contribution < -0.4 is 5.73 Å². The molecule has 0 aromatic rings. The van der Waals surface area contributed by atoms with E-state index in [0.717, 1.165) is 0 Å². The van der Waals surface area contributed by atoms with Crippen LogP contribution in [-0.4, -0.2) is 98.1 Å². The second-order valence-electron chi connectivity index (χ2n) is 6.43. The van der Waals surface area contributed by atoms with Crippen LogP contribution in [0, 0.1) is 0 Å². The summed E-state index contributed by atoms with van der Waals surface area (Å²) in [5, 5.41) is 49.4. The number of hydrogen-bond acceptors (Lipinski definition) is 9. The molecular weight excluding hydrogens is 350 g/mol. The number of nitrogens with zero attached hydrogens (tertiary/aromatic N) is 2. The van der Waals surface area contributed by atoms with Gasteiger partial charge in [-0.05, 0) is 0 Å². The molecule has 2 amide bonds. The Kier molecular flexibility index (Phi) is 4.98. The molecule has 7 N–H and O–H groups in total. The number of aliphatic hydroxyl groups excluding tert-OH is 5. The zero-order valence-corrected chi connectivity index (χ0v) is 13.8. The molecule has 0 aliphatic carbocycles. The number of carbonyl (C=O) groups excluding carboxylic acids is 1. The number of carbonyl (C=O) groups is 1. The normalized spacial score (nSPS) is 46.0. The molecule has 2 fully saturated rings. The Morgan fingerprint density at radius 3 is 2.31 bits per heavy atom. The SMILES string of the molecule is C=C1[C@H](O)[C@@H](CO)O[C@@H]1[N+]1([C@@H]2O[C@H](CO)[C@@H](O)[C@H]2O)C=CC(N)=NC1=O. The number of nitrogens with two attached hydrogens (primary N) is 1. The predicted octanol–water partition coefficient (Wildman–Crippen LogP) is -3.12. The Labute approximate surface area is 148 Å². The summed E-state index contributed by atoms with van der Waals surface area (Å²) >= 11 is 0. The predicted molar refractivity (Wildman–Crippen MR) is 85.1 cm³/mol. The number of rotatable bonds is 4. The van der Waals surface area contributed by atoms with Gasteiger partial charge in [0.25, 0.3) is 0 Å². The van der Waals surface area contributed by atoms with Gasteiger partial charge in [-0.3, -0.25) is 0 Å². The fraction of sp³-hybridized carbons (Fsp3) is 0.600. The number of aliphatic imine (C=N–C) groups is 1. The third-order valence-electron chi connectivity index (χ3n) is 4.91. The average Bonchev–Trinajstić information content (AvgIpc) is 3.07. The highest BCUT2D eigenvalue weighted by atomic mass is 16.6. The molecule has 11 heteroatoms. The summed E-state index contributed by atoms with van der Waals surface area (Å²) in [4.78, 5) is 16.5. The summed E-state index contributed by atoms with van der Waals surface area (Å²) in [6.07, 6.45) is -6.57. The van der Waals surface area contributed by atoms with E-state index in [-0.39, 0.29) is 11.4 Å². The van der Waals surface area contributed by atoms with Crippen molar-refractivity contribution in [2.24, 2.45) is 10.7 Å². The fourth-order valence-electron chi connectivity index (χ4n) is 3.47. The lowest BCUT2D eigenvalue weighted by molar-refractivity contribution is -0.894. The van der Waals surface area contributed by atoms with E-state index in [1.165, 1.54) is 12.3 Å². The minimum absolute atomic E-state index is 0.0652. The molecule has 0 saturated carbocycles. The molecule has 3 rings (SSSR count). The number of amidine groups is 1. The van der Waals surface area contributed by atoms with E-state index in [1.807, 2.05) is 0 Å². The van der Waals surface area contributed by atoms with E-state index in [4.69, 9.17) is 15.2 Å². The van der Waals surface area contributed by atoms with Crippen molar-refractivity contribution >= 4 is 11.9 Å². The van der Waals surface area contributed by atoms with Gasteiger partial charge in [0, 0.05) is 11.6 Å². The van der Waals surface area contributed by atoms with Gasteiger partial charge in [0.05, 0.1) is 13.2 Å². The zero-order valence-electron chi connectivity index (χ0n) is 13.8. The number of ether oxygens (including phenoxy) is 2. The van der Waals surface area contributed by atoms with Crippen LogP contribution in [0.1, 0.15) is 0 Å². The van der Waals surface area contributed by atoms with Gasteiger partial charge < -0.3 is 40.7 Å². The van der Waals surface area contributed by atoms with Crippen LogP contribution in [0.25, 0.3) is 0 Å². The summed E-state index contributed by atoms with van der Waals surface area (Å²) < 4.78 is 10.2. The Bertz CT molecular complexity index is 667. The quantitative estimate of drug-likeness (QED) is 0.220. The fourth-order valence-corrected chi connectivity index (χ4v) is 3.47. The molecule has 0 bridgehead atoms. The van der Waals surface area contributed by atoms with Crippen LogP contribution >= 0.6 is 0 Å². The lowest BCUT2D eigenvalue weighted by atomic mass is 10.0. The second kappa shape index (κ2) is 6.79. The largest absolute Gasteiger partial charge is 0.453 e. The third-order valence-corrected chi connectivity index (χ3v) is 4.91. The van der Waals surface area contributed by atoms with Crippen molar-refractivity contribution in [3.8, 4) is 0 Å². The number of hydrogen-bond donors (Lipinski definition) is 6. The van der Waals surface area contributed by atoms with E-state index in [2.05, 4.69) is 11.6 Å². The average molecular weight is 372 g/mol. The van der Waals surface area contributed by atoms with Gasteiger partial charge in [-0.1, -0.05) is 6.58 Å². The first-order valence-corrected chi connectivity index (χ1v) is 7.99. The first-order valence-electron chi connectivity index (χ1n) is 7.99. The molecule has 0 radical (unpaired) electrons. The molecule has 144 valence electrons. The molecule has 11 nitrogen and oxygen atoms in total. The Hall–Kier alpha value is -1.70. The standard InChI is InChI=1S/C15H21N3O8/c1-6-10(21)7(4-19)25-13(6)18(3-2-9(16)17-15(18)24)14-12(23)11(22)8(5-20)26-14/h2-3,7-8,10-14,19-23H,1,4-5H2,(H-,16,17,24)/p+1/t7-,8-,10+,11-,12-,13+,14-,18?/m1/s1. The van der Waals surface area contributed by atoms with Crippen LogP contribution in [-0.2, 0) is 9.47 Å². The minimum atomic E-state index is -1.57. The first-order chi connectivity index (χ1) is 12.3. The second-order valence-corrected chi connectivity index (χ2v) is 6.43. The topological polar surface area (TPSA) is 175 Å². The van der Waals surface area contributed by atoms with Gasteiger partial charge in [-0.2, -0.15) is 4.48 Å². The van der Waals surface area contributed by atoms with E-state index < -0.39 is 66.7 Å². The van der Waals surface area contributed by atoms with Crippen molar-refractivity contribution in [3.05, 3.63) is 24.4 Å². The highest BCUT2D eigenvalue weighted by molar-refractivity contribution is 5.99. The molecule has 1 unspecified atom stereocenters. The maximum absolute atomic E-state index is 12.8. The van der Waals surface area contributed by atoms with E-state index in [9.17, 15) is 30.3 Å². The molecule has 0 aromatic heterocycles. The van der Waals surface area contributed by atoms with Crippen molar-refractivity contribution in [1.82, 2.24) is 0 Å². The molecule has 0 aromatic carbocycles. The van der Waals surface area contributed by atoms with Crippen LogP contribution in [0.3, 0.4) is 0 Å². The minimum Gasteiger partial charge on any atom is -0.394 e. The van der Waals surface area contributed by atoms with E-state index in [0.29, 0.717) is 0 Å². The smallest absolute Gasteiger partial charge is 0.394 e. The Balaban J connectivity index is 2.07. The molecule has 2 saturated heterocycles. The van der Waals surface area contributed by atoms with Crippen LogP contribution in [0.5, 0.6) is 0 Å². The Morgan fingerprint density at radius 2 is 1.81 bits per heavy atom. The van der Waals surface area contributed by atoms with Crippen LogP contribution in [0.2, 0.25) is 0 Å². The lowest BCUT2D eigenvalue weighted by Crippen LogP contribution is -2.65. The summed E-state index contributed by atoms with van der Waals surface area (Å²) in [7, 11) is 0. The summed E-state index contributed by atoms with van der Waals surface area (Å²) in [6, 6.07) is -0.878. The van der Waals surface area contributed by atoms with Crippen LogP contribution in [0.15, 0.2) is 29.4 Å². The summed E-state index contributed by atoms with van der Waals surface area (Å²) in [5.74, 6) is -0.0849. The van der Waals surface area contributed by atoms with Crippen molar-refractivity contribution < 1.29 is 44.3 Å². The number of urea groups is 1. The van der Waals surface area contributed by atoms with Crippen molar-refractivity contribution in [3.63, 3.8) is 0 Å². The Morgan fingerprint density at radius 1 is 1.15 bits per heavy atom. The molecule has 26 heavy (non-hydrogen) atoms. The zero-order chi connectivity index (χ0) is 19.2. The highest BCUT2D eigenvalue weighted by Gasteiger charge is 2.64. The maximum atomic E-state index is 12.8. The third kappa shape index (κ3) is 2.61. The molecule has 0 spiro atoms. The molecular formula is C15H22N3O8+. The van der Waals surface area contributed by atoms with Gasteiger partial charge in [0.15, 0.2) is 6.10 Å². The van der Waals surface area contributed by atoms with Crippen molar-refractivity contribution in [1.29, 1.82) is 0 Å².